The van der Waals surface area contributed by atoms with Gasteiger partial charge in [-0.1, -0.05) is 12.1 Å². The van der Waals surface area contributed by atoms with Gasteiger partial charge in [0.15, 0.2) is 6.10 Å². The molecule has 2 aromatic rings. The number of amides is 2. The number of fused-ring (bicyclic) bond motifs is 1. The Labute approximate surface area is 163 Å². The lowest BCUT2D eigenvalue weighted by molar-refractivity contribution is -0.137. The molecule has 152 valence electrons. The third-order valence-electron chi connectivity index (χ3n) is 4.27. The second-order valence-corrected chi connectivity index (χ2v) is 6.34. The maximum absolute atomic E-state index is 12.7. The quantitative estimate of drug-likeness (QED) is 0.602. The minimum Gasteiger partial charge on any atom is -0.449 e. The first kappa shape index (κ1) is 20.2. The molecule has 10 heteroatoms. The standard InChI is InChI=1S/C19H16F3N3O4/c1-10(17(27)25-9-16(26)24-14-4-2-3-5-15(14)25)29-18(28)12-7-6-11(8-13(12)23)19(20,21)22/h2-8,10H,9,23H2,1H3,(H,24,26). The van der Waals surface area contributed by atoms with Crippen LogP contribution in [0.5, 0.6) is 0 Å². The molecule has 0 fully saturated rings. The van der Waals surface area contributed by atoms with E-state index in [-0.39, 0.29) is 12.1 Å². The van der Waals surface area contributed by atoms with Gasteiger partial charge in [-0.3, -0.25) is 14.5 Å². The molecule has 1 aliphatic rings. The van der Waals surface area contributed by atoms with E-state index in [0.29, 0.717) is 23.5 Å². The zero-order chi connectivity index (χ0) is 21.3. The lowest BCUT2D eigenvalue weighted by atomic mass is 10.1. The number of carbonyl (C=O) groups is 3. The molecule has 0 aliphatic carbocycles. The number of ether oxygens (including phenoxy) is 1. The number of alkyl halides is 3. The van der Waals surface area contributed by atoms with Crippen molar-refractivity contribution in [2.24, 2.45) is 0 Å². The highest BCUT2D eigenvalue weighted by molar-refractivity contribution is 6.11. The Morgan fingerprint density at radius 2 is 1.90 bits per heavy atom. The Hall–Kier alpha value is -3.56. The Morgan fingerprint density at radius 3 is 2.55 bits per heavy atom. The number of carbonyl (C=O) groups excluding carboxylic acids is 3. The summed E-state index contributed by atoms with van der Waals surface area (Å²) in [5.41, 5.74) is 4.69. The molecular weight excluding hydrogens is 391 g/mol. The van der Waals surface area contributed by atoms with Crippen molar-refractivity contribution in [1.29, 1.82) is 0 Å². The SMILES string of the molecule is CC(OC(=O)c1ccc(C(F)(F)F)cc1N)C(=O)N1CC(=O)Nc2ccccc21. The number of anilines is 3. The number of para-hydroxylation sites is 2. The molecular formula is C19H16F3N3O4. The van der Waals surface area contributed by atoms with E-state index in [1.54, 1.807) is 24.3 Å². The summed E-state index contributed by atoms with van der Waals surface area (Å²) >= 11 is 0. The van der Waals surface area contributed by atoms with Crippen LogP contribution >= 0.6 is 0 Å². The fourth-order valence-electron chi connectivity index (χ4n) is 2.85. The van der Waals surface area contributed by atoms with Crippen molar-refractivity contribution >= 4 is 34.8 Å². The Kier molecular flexibility index (Phi) is 5.19. The zero-order valence-corrected chi connectivity index (χ0v) is 15.1. The van der Waals surface area contributed by atoms with Crippen molar-refractivity contribution in [1.82, 2.24) is 0 Å². The number of nitrogens with one attached hydrogen (secondary N) is 1. The predicted molar refractivity (Wildman–Crippen MR) is 98.2 cm³/mol. The van der Waals surface area contributed by atoms with Crippen LogP contribution in [0.15, 0.2) is 42.5 Å². The molecule has 29 heavy (non-hydrogen) atoms. The lowest BCUT2D eigenvalue weighted by Crippen LogP contribution is -2.47. The average molecular weight is 407 g/mol. The van der Waals surface area contributed by atoms with Crippen molar-refractivity contribution in [3.8, 4) is 0 Å². The number of rotatable bonds is 3. The average Bonchev–Trinajstić information content (AvgIpc) is 2.65. The van der Waals surface area contributed by atoms with Gasteiger partial charge >= 0.3 is 12.1 Å². The molecule has 1 heterocycles. The van der Waals surface area contributed by atoms with Gasteiger partial charge in [-0.25, -0.2) is 4.79 Å². The van der Waals surface area contributed by atoms with Crippen LogP contribution in [0.4, 0.5) is 30.2 Å². The van der Waals surface area contributed by atoms with Gasteiger partial charge in [0.1, 0.15) is 6.54 Å². The fraction of sp³-hybridized carbons (Fsp3) is 0.211. The number of nitrogens with zero attached hydrogens (tertiary/aromatic N) is 1. The van der Waals surface area contributed by atoms with E-state index in [1.807, 2.05) is 0 Å². The number of nitrogen functional groups attached to an aromatic ring is 1. The molecule has 0 aromatic heterocycles. The fourth-order valence-corrected chi connectivity index (χ4v) is 2.85. The molecule has 0 spiro atoms. The van der Waals surface area contributed by atoms with Gasteiger partial charge in [-0.15, -0.1) is 0 Å². The second kappa shape index (κ2) is 7.46. The summed E-state index contributed by atoms with van der Waals surface area (Å²) < 4.78 is 43.2. The molecule has 1 unspecified atom stereocenters. The molecule has 0 saturated carbocycles. The second-order valence-electron chi connectivity index (χ2n) is 6.34. The van der Waals surface area contributed by atoms with Gasteiger partial charge in [-0.05, 0) is 37.3 Å². The lowest BCUT2D eigenvalue weighted by Gasteiger charge is -2.30. The van der Waals surface area contributed by atoms with Gasteiger partial charge in [-0.2, -0.15) is 13.2 Å². The summed E-state index contributed by atoms with van der Waals surface area (Å²) in [7, 11) is 0. The Bertz CT molecular complexity index is 991. The monoisotopic (exact) mass is 407 g/mol. The van der Waals surface area contributed by atoms with Crippen molar-refractivity contribution in [3.05, 3.63) is 53.6 Å². The van der Waals surface area contributed by atoms with Crippen molar-refractivity contribution in [3.63, 3.8) is 0 Å². The Balaban J connectivity index is 1.77. The molecule has 3 N–H and O–H groups in total. The number of nitrogens with two attached hydrogens (primary N) is 1. The molecule has 3 rings (SSSR count). The van der Waals surface area contributed by atoms with E-state index in [9.17, 15) is 27.6 Å². The van der Waals surface area contributed by atoms with Crippen LogP contribution in [0.2, 0.25) is 0 Å². The molecule has 1 aliphatic heterocycles. The van der Waals surface area contributed by atoms with Gasteiger partial charge in [0.2, 0.25) is 5.91 Å². The van der Waals surface area contributed by atoms with Crippen LogP contribution in [0.25, 0.3) is 0 Å². The first-order chi connectivity index (χ1) is 13.6. The van der Waals surface area contributed by atoms with Gasteiger partial charge < -0.3 is 15.8 Å². The molecule has 0 radical (unpaired) electrons. The Morgan fingerprint density at radius 1 is 1.21 bits per heavy atom. The molecule has 0 saturated heterocycles. The van der Waals surface area contributed by atoms with E-state index in [2.05, 4.69) is 5.32 Å². The number of esters is 1. The van der Waals surface area contributed by atoms with E-state index < -0.39 is 41.3 Å². The maximum Gasteiger partial charge on any atom is 0.416 e. The molecule has 2 amide bonds. The summed E-state index contributed by atoms with van der Waals surface area (Å²) in [6.45, 7) is 1.04. The van der Waals surface area contributed by atoms with Gasteiger partial charge in [0.25, 0.3) is 5.91 Å². The number of hydrogen-bond acceptors (Lipinski definition) is 5. The first-order valence-electron chi connectivity index (χ1n) is 8.46. The molecule has 1 atom stereocenters. The maximum atomic E-state index is 12.7. The van der Waals surface area contributed by atoms with Crippen molar-refractivity contribution in [2.45, 2.75) is 19.2 Å². The summed E-state index contributed by atoms with van der Waals surface area (Å²) in [4.78, 5) is 38.0. The third kappa shape index (κ3) is 4.15. The third-order valence-corrected chi connectivity index (χ3v) is 4.27. The molecule has 7 nitrogen and oxygen atoms in total. The first-order valence-corrected chi connectivity index (χ1v) is 8.46. The highest BCUT2D eigenvalue weighted by Gasteiger charge is 2.33. The topological polar surface area (TPSA) is 102 Å². The van der Waals surface area contributed by atoms with Crippen LogP contribution in [0.1, 0.15) is 22.8 Å². The van der Waals surface area contributed by atoms with Crippen LogP contribution in [-0.4, -0.2) is 30.4 Å². The van der Waals surface area contributed by atoms with Crippen LogP contribution in [0, 0.1) is 0 Å². The number of halogens is 3. The number of benzene rings is 2. The van der Waals surface area contributed by atoms with E-state index in [1.165, 1.54) is 11.8 Å². The summed E-state index contributed by atoms with van der Waals surface area (Å²) in [6.07, 6.45) is -5.91. The summed E-state index contributed by atoms with van der Waals surface area (Å²) in [5.74, 6) is -2.12. The summed E-state index contributed by atoms with van der Waals surface area (Å²) in [5, 5.41) is 2.63. The minimum absolute atomic E-state index is 0.264. The minimum atomic E-state index is -4.61. The van der Waals surface area contributed by atoms with Crippen molar-refractivity contribution in [2.75, 3.05) is 22.5 Å². The van der Waals surface area contributed by atoms with Gasteiger partial charge in [0.05, 0.1) is 22.5 Å². The normalized spacial score (nSPS) is 14.6. The highest BCUT2D eigenvalue weighted by atomic mass is 19.4. The zero-order valence-electron chi connectivity index (χ0n) is 15.1. The van der Waals surface area contributed by atoms with E-state index in [4.69, 9.17) is 10.5 Å². The largest absolute Gasteiger partial charge is 0.449 e. The van der Waals surface area contributed by atoms with Crippen LogP contribution < -0.4 is 16.0 Å². The smallest absolute Gasteiger partial charge is 0.416 e. The van der Waals surface area contributed by atoms with Crippen molar-refractivity contribution < 1.29 is 32.3 Å². The number of hydrogen-bond donors (Lipinski definition) is 2. The molecule has 2 aromatic carbocycles. The van der Waals surface area contributed by atoms with Crippen LogP contribution in [0.3, 0.4) is 0 Å². The molecule has 0 bridgehead atoms. The highest BCUT2D eigenvalue weighted by Crippen LogP contribution is 2.32. The van der Waals surface area contributed by atoms with E-state index >= 15 is 0 Å². The van der Waals surface area contributed by atoms with E-state index in [0.717, 1.165) is 6.07 Å². The summed E-state index contributed by atoms with van der Waals surface area (Å²) in [6, 6.07) is 8.81. The predicted octanol–water partition coefficient (Wildman–Crippen LogP) is 2.82. The van der Waals surface area contributed by atoms with Gasteiger partial charge in [0, 0.05) is 5.69 Å². The van der Waals surface area contributed by atoms with Crippen LogP contribution in [-0.2, 0) is 20.5 Å².